The Kier molecular flexibility index (Phi) is 4.57. The molecule has 3 aromatic rings. The van der Waals surface area contributed by atoms with Crippen LogP contribution in [0.3, 0.4) is 0 Å². The Balaban J connectivity index is 1.84. The fourth-order valence-electron chi connectivity index (χ4n) is 2.43. The summed E-state index contributed by atoms with van der Waals surface area (Å²) in [6.45, 7) is 5.48. The van der Waals surface area contributed by atoms with Crippen molar-refractivity contribution in [3.8, 4) is 0 Å². The van der Waals surface area contributed by atoms with E-state index in [-0.39, 0.29) is 0 Å². The van der Waals surface area contributed by atoms with E-state index in [4.69, 9.17) is 4.42 Å². The average Bonchev–Trinajstić information content (AvgIpc) is 3.08. The molecule has 5 nitrogen and oxygen atoms in total. The molecule has 3 rings (SSSR count). The number of nitrogens with zero attached hydrogens (tertiary/aromatic N) is 3. The number of aromatic nitrogens is 2. The molecule has 0 radical (unpaired) electrons. The van der Waals surface area contributed by atoms with Gasteiger partial charge in [-0.1, -0.05) is 18.2 Å². The van der Waals surface area contributed by atoms with Gasteiger partial charge in [-0.3, -0.25) is 0 Å². The molecule has 0 amide bonds. The molecule has 2 heterocycles. The predicted molar refractivity (Wildman–Crippen MR) is 91.9 cm³/mol. The summed E-state index contributed by atoms with van der Waals surface area (Å²) in [7, 11) is 0. The molecule has 0 aliphatic rings. The molecule has 1 N–H and O–H groups in total. The maximum atomic E-state index is 5.33. The molecule has 0 aliphatic carbocycles. The van der Waals surface area contributed by atoms with Crippen LogP contribution in [-0.4, -0.2) is 16.5 Å². The van der Waals surface area contributed by atoms with E-state index in [0.717, 1.165) is 29.5 Å². The minimum Gasteiger partial charge on any atom is -0.467 e. The summed E-state index contributed by atoms with van der Waals surface area (Å²) < 4.78 is 5.33. The van der Waals surface area contributed by atoms with Crippen molar-refractivity contribution < 1.29 is 4.42 Å². The minimum absolute atomic E-state index is 0.563. The highest BCUT2D eigenvalue weighted by molar-refractivity contribution is 5.61. The third-order valence-corrected chi connectivity index (χ3v) is 3.50. The van der Waals surface area contributed by atoms with Crippen molar-refractivity contribution in [2.24, 2.45) is 0 Å². The molecule has 0 unspecified atom stereocenters. The number of nitrogens with one attached hydrogen (secondary N) is 1. The molecule has 0 saturated carbocycles. The maximum absolute atomic E-state index is 5.33. The fraction of sp³-hybridized carbons (Fsp3) is 0.222. The highest BCUT2D eigenvalue weighted by atomic mass is 16.3. The van der Waals surface area contributed by atoms with E-state index in [1.165, 1.54) is 0 Å². The first-order valence-corrected chi connectivity index (χ1v) is 7.71. The Labute approximate surface area is 136 Å². The minimum atomic E-state index is 0.563. The van der Waals surface area contributed by atoms with Crippen LogP contribution in [0.25, 0.3) is 0 Å². The number of hydrogen-bond donors (Lipinski definition) is 1. The molecule has 0 spiro atoms. The molecule has 0 bridgehead atoms. The van der Waals surface area contributed by atoms with Crippen molar-refractivity contribution in [2.45, 2.75) is 20.4 Å². The van der Waals surface area contributed by atoms with Crippen molar-refractivity contribution >= 4 is 17.5 Å². The first kappa shape index (κ1) is 15.1. The lowest BCUT2D eigenvalue weighted by Crippen LogP contribution is -2.18. The van der Waals surface area contributed by atoms with Gasteiger partial charge in [0.05, 0.1) is 12.8 Å². The van der Waals surface area contributed by atoms with E-state index >= 15 is 0 Å². The summed E-state index contributed by atoms with van der Waals surface area (Å²) in [4.78, 5) is 11.3. The van der Waals surface area contributed by atoms with E-state index in [2.05, 4.69) is 39.2 Å². The first-order valence-electron chi connectivity index (χ1n) is 7.71. The standard InChI is InChI=1S/C18H20N4O/c1-3-22(15-8-5-4-6-9-15)17-12-14(2)20-18(21-17)19-13-16-10-7-11-23-16/h4-12H,3,13H2,1-2H3,(H,19,20,21). The molecule has 0 saturated heterocycles. The van der Waals surface area contributed by atoms with Gasteiger partial charge >= 0.3 is 0 Å². The van der Waals surface area contributed by atoms with Gasteiger partial charge in [0, 0.05) is 24.0 Å². The Morgan fingerprint density at radius 3 is 2.61 bits per heavy atom. The molecule has 5 heteroatoms. The Bertz CT molecular complexity index is 741. The molecule has 1 aromatic carbocycles. The Morgan fingerprint density at radius 2 is 1.91 bits per heavy atom. The normalized spacial score (nSPS) is 10.5. The molecule has 23 heavy (non-hydrogen) atoms. The topological polar surface area (TPSA) is 54.2 Å². The van der Waals surface area contributed by atoms with Gasteiger partial charge in [-0.05, 0) is 38.1 Å². The lowest BCUT2D eigenvalue weighted by atomic mass is 10.2. The molecule has 118 valence electrons. The monoisotopic (exact) mass is 308 g/mol. The SMILES string of the molecule is CCN(c1ccccc1)c1cc(C)nc(NCc2ccco2)n1. The number of anilines is 3. The smallest absolute Gasteiger partial charge is 0.225 e. The van der Waals surface area contributed by atoms with Crippen LogP contribution in [0.5, 0.6) is 0 Å². The average molecular weight is 308 g/mol. The Hall–Kier alpha value is -2.82. The van der Waals surface area contributed by atoms with Crippen LogP contribution in [0.1, 0.15) is 18.4 Å². The van der Waals surface area contributed by atoms with Gasteiger partial charge in [-0.25, -0.2) is 4.98 Å². The number of rotatable bonds is 6. The van der Waals surface area contributed by atoms with Crippen molar-refractivity contribution in [3.05, 3.63) is 66.2 Å². The molecular weight excluding hydrogens is 288 g/mol. The third-order valence-electron chi connectivity index (χ3n) is 3.50. The van der Waals surface area contributed by atoms with Gasteiger partial charge in [0.15, 0.2) is 0 Å². The largest absolute Gasteiger partial charge is 0.467 e. The van der Waals surface area contributed by atoms with Gasteiger partial charge < -0.3 is 14.6 Å². The summed E-state index contributed by atoms with van der Waals surface area (Å²) in [5.74, 6) is 2.34. The number of furan rings is 1. The summed E-state index contributed by atoms with van der Waals surface area (Å²) in [6.07, 6.45) is 1.66. The van der Waals surface area contributed by atoms with Gasteiger partial charge in [0.2, 0.25) is 5.95 Å². The second-order valence-corrected chi connectivity index (χ2v) is 5.20. The van der Waals surface area contributed by atoms with Crippen molar-refractivity contribution in [1.29, 1.82) is 0 Å². The van der Waals surface area contributed by atoms with Crippen LogP contribution in [0.4, 0.5) is 17.5 Å². The third kappa shape index (κ3) is 3.69. The zero-order chi connectivity index (χ0) is 16.1. The summed E-state index contributed by atoms with van der Waals surface area (Å²) in [6, 6.07) is 16.0. The number of hydrogen-bond acceptors (Lipinski definition) is 5. The number of para-hydroxylation sites is 1. The van der Waals surface area contributed by atoms with Gasteiger partial charge in [0.1, 0.15) is 11.6 Å². The van der Waals surface area contributed by atoms with E-state index < -0.39 is 0 Å². The van der Waals surface area contributed by atoms with E-state index in [9.17, 15) is 0 Å². The quantitative estimate of drug-likeness (QED) is 0.741. The van der Waals surface area contributed by atoms with Crippen LogP contribution in [0, 0.1) is 6.92 Å². The summed E-state index contributed by atoms with van der Waals surface area (Å²) in [5.41, 5.74) is 2.04. The lowest BCUT2D eigenvalue weighted by Gasteiger charge is -2.22. The lowest BCUT2D eigenvalue weighted by molar-refractivity contribution is 0.517. The molecule has 0 fully saturated rings. The van der Waals surface area contributed by atoms with Crippen molar-refractivity contribution in [3.63, 3.8) is 0 Å². The summed E-state index contributed by atoms with van der Waals surface area (Å²) >= 11 is 0. The first-order chi connectivity index (χ1) is 11.3. The molecular formula is C18H20N4O. The fourth-order valence-corrected chi connectivity index (χ4v) is 2.43. The number of benzene rings is 1. The summed E-state index contributed by atoms with van der Waals surface area (Å²) in [5, 5.41) is 3.22. The van der Waals surface area contributed by atoms with Crippen LogP contribution in [-0.2, 0) is 6.54 Å². The van der Waals surface area contributed by atoms with E-state index in [1.807, 2.05) is 43.3 Å². The maximum Gasteiger partial charge on any atom is 0.225 e. The van der Waals surface area contributed by atoms with Gasteiger partial charge in [-0.2, -0.15) is 4.98 Å². The Morgan fingerprint density at radius 1 is 1.09 bits per heavy atom. The second kappa shape index (κ2) is 6.96. The van der Waals surface area contributed by atoms with Crippen LogP contribution in [0.2, 0.25) is 0 Å². The van der Waals surface area contributed by atoms with E-state index in [1.54, 1.807) is 6.26 Å². The van der Waals surface area contributed by atoms with Crippen molar-refractivity contribution in [2.75, 3.05) is 16.8 Å². The highest BCUT2D eigenvalue weighted by Gasteiger charge is 2.11. The van der Waals surface area contributed by atoms with Crippen molar-refractivity contribution in [1.82, 2.24) is 9.97 Å². The molecule has 2 aromatic heterocycles. The van der Waals surface area contributed by atoms with Crippen LogP contribution in [0.15, 0.2) is 59.2 Å². The van der Waals surface area contributed by atoms with E-state index in [0.29, 0.717) is 12.5 Å². The van der Waals surface area contributed by atoms with Gasteiger partial charge in [0.25, 0.3) is 0 Å². The molecule has 0 aliphatic heterocycles. The predicted octanol–water partition coefficient (Wildman–Crippen LogP) is 4.15. The van der Waals surface area contributed by atoms with Crippen LogP contribution >= 0.6 is 0 Å². The highest BCUT2D eigenvalue weighted by Crippen LogP contribution is 2.24. The number of aryl methyl sites for hydroxylation is 1. The van der Waals surface area contributed by atoms with Gasteiger partial charge in [-0.15, -0.1) is 0 Å². The second-order valence-electron chi connectivity index (χ2n) is 5.20. The molecule has 0 atom stereocenters. The zero-order valence-corrected chi connectivity index (χ0v) is 13.4. The zero-order valence-electron chi connectivity index (χ0n) is 13.4. The van der Waals surface area contributed by atoms with Crippen LogP contribution < -0.4 is 10.2 Å².